The number of ether oxygens (including phenoxy) is 1. The van der Waals surface area contributed by atoms with Gasteiger partial charge in [0.1, 0.15) is 11.8 Å². The standard InChI is InChI=1S/C18H18N8O2/c1-11-21-15(25-28-11)10-27-14-6-4-12(5-7-14)8-13(9-19)16-22-17(20)24-18(23-16)26(2)3/h4-8H,10H2,1-3H3,(H2,20,22,23,24)/b13-8-. The molecule has 2 N–H and O–H groups in total. The summed E-state index contributed by atoms with van der Waals surface area (Å²) in [5.41, 5.74) is 6.78. The molecule has 2 aromatic heterocycles. The van der Waals surface area contributed by atoms with E-state index in [-0.39, 0.29) is 24.0 Å². The number of nitrogens with zero attached hydrogens (tertiary/aromatic N) is 7. The fourth-order valence-electron chi connectivity index (χ4n) is 2.22. The van der Waals surface area contributed by atoms with Gasteiger partial charge >= 0.3 is 0 Å². The van der Waals surface area contributed by atoms with Gasteiger partial charge in [0.2, 0.25) is 23.6 Å². The van der Waals surface area contributed by atoms with Gasteiger partial charge in [-0.1, -0.05) is 17.3 Å². The topological polar surface area (TPSA) is 140 Å². The van der Waals surface area contributed by atoms with Gasteiger partial charge in [0.05, 0.1) is 5.57 Å². The molecular formula is C18H18N8O2. The number of nitrogen functional groups attached to an aromatic ring is 1. The van der Waals surface area contributed by atoms with Crippen molar-refractivity contribution in [2.45, 2.75) is 13.5 Å². The number of nitrogens with two attached hydrogens (primary N) is 1. The number of rotatable bonds is 6. The molecule has 0 unspecified atom stereocenters. The lowest BCUT2D eigenvalue weighted by molar-refractivity contribution is 0.285. The third kappa shape index (κ3) is 4.59. The fraction of sp³-hybridized carbons (Fsp3) is 0.222. The first-order valence-corrected chi connectivity index (χ1v) is 8.27. The van der Waals surface area contributed by atoms with Gasteiger partial charge in [-0.25, -0.2) is 0 Å². The summed E-state index contributed by atoms with van der Waals surface area (Å²) in [7, 11) is 3.56. The maximum atomic E-state index is 9.51. The molecule has 0 aliphatic heterocycles. The predicted octanol–water partition coefficient (Wildman–Crippen LogP) is 1.85. The molecule has 0 aliphatic rings. The molecule has 0 fully saturated rings. The van der Waals surface area contributed by atoms with Crippen molar-refractivity contribution in [3.05, 3.63) is 47.4 Å². The first-order valence-electron chi connectivity index (χ1n) is 8.27. The second kappa shape index (κ2) is 8.13. The SMILES string of the molecule is Cc1nc(COc2ccc(/C=C(/C#N)c3nc(N)nc(N(C)C)n3)cc2)no1. The summed E-state index contributed by atoms with van der Waals surface area (Å²) in [6.45, 7) is 1.92. The van der Waals surface area contributed by atoms with Crippen LogP contribution < -0.4 is 15.4 Å². The Labute approximate surface area is 161 Å². The van der Waals surface area contributed by atoms with E-state index in [2.05, 4.69) is 31.2 Å². The van der Waals surface area contributed by atoms with Crippen molar-refractivity contribution in [3.8, 4) is 11.8 Å². The Hall–Kier alpha value is -4.00. The monoisotopic (exact) mass is 378 g/mol. The number of allylic oxidation sites excluding steroid dienone is 1. The van der Waals surface area contributed by atoms with Crippen LogP contribution in [0.2, 0.25) is 0 Å². The number of aryl methyl sites for hydroxylation is 1. The molecule has 0 aliphatic carbocycles. The highest BCUT2D eigenvalue weighted by Gasteiger charge is 2.11. The molecule has 10 heteroatoms. The molecule has 0 amide bonds. The van der Waals surface area contributed by atoms with E-state index in [9.17, 15) is 5.26 Å². The molecule has 1 aromatic carbocycles. The molecule has 0 spiro atoms. The Kier molecular flexibility index (Phi) is 5.45. The molecule has 142 valence electrons. The zero-order valence-electron chi connectivity index (χ0n) is 15.6. The van der Waals surface area contributed by atoms with E-state index in [1.165, 1.54) is 0 Å². The zero-order chi connectivity index (χ0) is 20.1. The highest BCUT2D eigenvalue weighted by atomic mass is 16.5. The third-order valence-electron chi connectivity index (χ3n) is 3.53. The minimum absolute atomic E-state index is 0.0512. The third-order valence-corrected chi connectivity index (χ3v) is 3.53. The van der Waals surface area contributed by atoms with Crippen LogP contribution in [0.3, 0.4) is 0 Å². The largest absolute Gasteiger partial charge is 0.485 e. The van der Waals surface area contributed by atoms with Gasteiger partial charge in [-0.05, 0) is 23.8 Å². The van der Waals surface area contributed by atoms with E-state index in [0.29, 0.717) is 23.4 Å². The Balaban J connectivity index is 1.77. The average Bonchev–Trinajstić information content (AvgIpc) is 3.10. The molecule has 0 saturated carbocycles. The Morgan fingerprint density at radius 2 is 1.96 bits per heavy atom. The van der Waals surface area contributed by atoms with Crippen LogP contribution in [0.25, 0.3) is 11.6 Å². The van der Waals surface area contributed by atoms with E-state index >= 15 is 0 Å². The second-order valence-corrected chi connectivity index (χ2v) is 5.97. The summed E-state index contributed by atoms with van der Waals surface area (Å²) >= 11 is 0. The fourth-order valence-corrected chi connectivity index (χ4v) is 2.22. The van der Waals surface area contributed by atoms with Crippen LogP contribution in [-0.2, 0) is 6.61 Å². The van der Waals surface area contributed by atoms with E-state index in [0.717, 1.165) is 5.56 Å². The van der Waals surface area contributed by atoms with Crippen LogP contribution in [0.15, 0.2) is 28.8 Å². The molecule has 0 bridgehead atoms. The number of anilines is 2. The van der Waals surface area contributed by atoms with Crippen LogP contribution in [0.1, 0.15) is 23.1 Å². The van der Waals surface area contributed by atoms with Crippen molar-refractivity contribution in [3.63, 3.8) is 0 Å². The first kappa shape index (κ1) is 18.8. The van der Waals surface area contributed by atoms with Crippen LogP contribution in [0, 0.1) is 18.3 Å². The average molecular weight is 378 g/mol. The minimum atomic E-state index is 0.0512. The molecule has 10 nitrogen and oxygen atoms in total. The Morgan fingerprint density at radius 3 is 2.57 bits per heavy atom. The zero-order valence-corrected chi connectivity index (χ0v) is 15.6. The summed E-state index contributed by atoms with van der Waals surface area (Å²) in [5, 5.41) is 13.3. The first-order chi connectivity index (χ1) is 13.4. The van der Waals surface area contributed by atoms with Gasteiger partial charge in [0.15, 0.2) is 12.4 Å². The lowest BCUT2D eigenvalue weighted by Gasteiger charge is -2.11. The van der Waals surface area contributed by atoms with Gasteiger partial charge in [0.25, 0.3) is 0 Å². The Morgan fingerprint density at radius 1 is 1.21 bits per heavy atom. The van der Waals surface area contributed by atoms with Crippen LogP contribution >= 0.6 is 0 Å². The number of nitriles is 1. The van der Waals surface area contributed by atoms with Gasteiger partial charge in [0, 0.05) is 21.0 Å². The van der Waals surface area contributed by atoms with Crippen molar-refractivity contribution >= 4 is 23.5 Å². The predicted molar refractivity (Wildman–Crippen MR) is 102 cm³/mol. The molecule has 0 saturated heterocycles. The van der Waals surface area contributed by atoms with Crippen molar-refractivity contribution < 1.29 is 9.26 Å². The van der Waals surface area contributed by atoms with Crippen molar-refractivity contribution in [1.29, 1.82) is 5.26 Å². The van der Waals surface area contributed by atoms with Crippen LogP contribution in [0.4, 0.5) is 11.9 Å². The van der Waals surface area contributed by atoms with E-state index in [4.69, 9.17) is 15.0 Å². The van der Waals surface area contributed by atoms with Crippen molar-refractivity contribution in [2.75, 3.05) is 24.7 Å². The Bertz CT molecular complexity index is 1030. The normalized spacial score (nSPS) is 11.1. The van der Waals surface area contributed by atoms with Gasteiger partial charge in [-0.15, -0.1) is 0 Å². The summed E-state index contributed by atoms with van der Waals surface area (Å²) in [5.74, 6) is 2.24. The maximum Gasteiger partial charge on any atom is 0.230 e. The summed E-state index contributed by atoms with van der Waals surface area (Å²) < 4.78 is 10.5. The van der Waals surface area contributed by atoms with Gasteiger partial charge in [-0.3, -0.25) is 0 Å². The minimum Gasteiger partial charge on any atom is -0.485 e. The molecule has 0 radical (unpaired) electrons. The van der Waals surface area contributed by atoms with Crippen molar-refractivity contribution in [2.24, 2.45) is 0 Å². The molecular weight excluding hydrogens is 360 g/mol. The quantitative estimate of drug-likeness (QED) is 0.632. The highest BCUT2D eigenvalue weighted by molar-refractivity contribution is 5.87. The summed E-state index contributed by atoms with van der Waals surface area (Å²) in [6, 6.07) is 9.28. The molecule has 3 aromatic rings. The second-order valence-electron chi connectivity index (χ2n) is 5.97. The number of aromatic nitrogens is 5. The lowest BCUT2D eigenvalue weighted by atomic mass is 10.1. The molecule has 28 heavy (non-hydrogen) atoms. The molecule has 0 atom stereocenters. The number of benzene rings is 1. The molecule has 3 rings (SSSR count). The highest BCUT2D eigenvalue weighted by Crippen LogP contribution is 2.19. The van der Waals surface area contributed by atoms with E-state index in [1.807, 2.05) is 12.1 Å². The maximum absolute atomic E-state index is 9.51. The van der Waals surface area contributed by atoms with E-state index < -0.39 is 0 Å². The lowest BCUT2D eigenvalue weighted by Crippen LogP contribution is -2.15. The van der Waals surface area contributed by atoms with Gasteiger partial charge < -0.3 is 19.9 Å². The molecule has 2 heterocycles. The van der Waals surface area contributed by atoms with Crippen LogP contribution in [-0.4, -0.2) is 39.2 Å². The smallest absolute Gasteiger partial charge is 0.230 e. The summed E-state index contributed by atoms with van der Waals surface area (Å²) in [4.78, 5) is 18.1. The summed E-state index contributed by atoms with van der Waals surface area (Å²) in [6.07, 6.45) is 1.67. The van der Waals surface area contributed by atoms with Crippen LogP contribution in [0.5, 0.6) is 5.75 Å². The number of hydrogen-bond donors (Lipinski definition) is 1. The van der Waals surface area contributed by atoms with Gasteiger partial charge in [-0.2, -0.15) is 25.2 Å². The number of hydrogen-bond acceptors (Lipinski definition) is 10. The van der Waals surface area contributed by atoms with E-state index in [1.54, 1.807) is 44.1 Å². The van der Waals surface area contributed by atoms with Crippen molar-refractivity contribution in [1.82, 2.24) is 25.1 Å².